The summed E-state index contributed by atoms with van der Waals surface area (Å²) < 4.78 is 27.7. The van der Waals surface area contributed by atoms with E-state index in [1.165, 1.54) is 25.1 Å². The van der Waals surface area contributed by atoms with E-state index in [-0.39, 0.29) is 18.0 Å². The van der Waals surface area contributed by atoms with Crippen molar-refractivity contribution in [1.82, 2.24) is 0 Å². The SMILES string of the molecule is CC(=O)Cc1ccc(OC(F)F)c(O)c1. The number of rotatable bonds is 4. The molecule has 0 spiro atoms. The van der Waals surface area contributed by atoms with Crippen molar-refractivity contribution in [2.75, 3.05) is 0 Å². The molecule has 0 aromatic heterocycles. The standard InChI is InChI=1S/C10H10F2O3/c1-6(13)4-7-2-3-9(8(14)5-7)15-10(11)12/h2-3,5,10,14H,4H2,1H3. The molecule has 1 rings (SSSR count). The van der Waals surface area contributed by atoms with Gasteiger partial charge in [-0.1, -0.05) is 6.07 Å². The molecule has 0 radical (unpaired) electrons. The first-order valence-electron chi connectivity index (χ1n) is 4.25. The Hall–Kier alpha value is -1.65. The van der Waals surface area contributed by atoms with Crippen LogP contribution >= 0.6 is 0 Å². The van der Waals surface area contributed by atoms with E-state index >= 15 is 0 Å². The van der Waals surface area contributed by atoms with Gasteiger partial charge < -0.3 is 9.84 Å². The number of phenolic OH excluding ortho intramolecular Hbond substituents is 1. The molecule has 1 aromatic carbocycles. The lowest BCUT2D eigenvalue weighted by Crippen LogP contribution is -2.02. The molecule has 0 saturated heterocycles. The third kappa shape index (κ3) is 3.53. The molecule has 0 saturated carbocycles. The minimum absolute atomic E-state index is 0.0723. The highest BCUT2D eigenvalue weighted by molar-refractivity contribution is 5.78. The van der Waals surface area contributed by atoms with Gasteiger partial charge in [0.05, 0.1) is 0 Å². The summed E-state index contributed by atoms with van der Waals surface area (Å²) in [7, 11) is 0. The number of carbonyl (C=O) groups excluding carboxylic acids is 1. The van der Waals surface area contributed by atoms with Crippen LogP contribution in [-0.2, 0) is 11.2 Å². The van der Waals surface area contributed by atoms with E-state index in [1.54, 1.807) is 0 Å². The van der Waals surface area contributed by atoms with E-state index in [0.717, 1.165) is 0 Å². The lowest BCUT2D eigenvalue weighted by atomic mass is 10.1. The van der Waals surface area contributed by atoms with Crippen molar-refractivity contribution in [2.45, 2.75) is 20.0 Å². The molecule has 0 aliphatic carbocycles. The second kappa shape index (κ2) is 4.72. The Kier molecular flexibility index (Phi) is 3.60. The first kappa shape index (κ1) is 11.4. The second-order valence-electron chi connectivity index (χ2n) is 3.06. The molecule has 5 heteroatoms. The average molecular weight is 216 g/mol. The summed E-state index contributed by atoms with van der Waals surface area (Å²) in [6, 6.07) is 3.90. The van der Waals surface area contributed by atoms with Crippen LogP contribution in [0.15, 0.2) is 18.2 Å². The highest BCUT2D eigenvalue weighted by Gasteiger charge is 2.09. The van der Waals surface area contributed by atoms with Gasteiger partial charge in [0.2, 0.25) is 0 Å². The number of ether oxygens (including phenoxy) is 1. The van der Waals surface area contributed by atoms with Crippen LogP contribution in [-0.4, -0.2) is 17.5 Å². The van der Waals surface area contributed by atoms with Gasteiger partial charge in [0.15, 0.2) is 11.5 Å². The van der Waals surface area contributed by atoms with Crippen LogP contribution in [0.25, 0.3) is 0 Å². The van der Waals surface area contributed by atoms with Crippen molar-refractivity contribution in [3.05, 3.63) is 23.8 Å². The molecule has 0 atom stereocenters. The van der Waals surface area contributed by atoms with Crippen LogP contribution in [0, 0.1) is 0 Å². The summed E-state index contributed by atoms with van der Waals surface area (Å²) >= 11 is 0. The van der Waals surface area contributed by atoms with Crippen molar-refractivity contribution >= 4 is 5.78 Å². The Morgan fingerprint density at radius 2 is 2.20 bits per heavy atom. The average Bonchev–Trinajstić information content (AvgIpc) is 2.08. The number of aromatic hydroxyl groups is 1. The van der Waals surface area contributed by atoms with Gasteiger partial charge >= 0.3 is 6.61 Å². The minimum atomic E-state index is -2.98. The summed E-state index contributed by atoms with van der Waals surface area (Å²) in [5.74, 6) is -0.761. The van der Waals surface area contributed by atoms with Gasteiger partial charge in [-0.25, -0.2) is 0 Å². The molecule has 0 bridgehead atoms. The van der Waals surface area contributed by atoms with Crippen molar-refractivity contribution in [3.63, 3.8) is 0 Å². The van der Waals surface area contributed by atoms with Gasteiger partial charge in [-0.05, 0) is 24.6 Å². The fourth-order valence-corrected chi connectivity index (χ4v) is 1.16. The van der Waals surface area contributed by atoms with Gasteiger partial charge in [0.25, 0.3) is 0 Å². The van der Waals surface area contributed by atoms with Crippen molar-refractivity contribution in [3.8, 4) is 11.5 Å². The maximum absolute atomic E-state index is 11.8. The van der Waals surface area contributed by atoms with Gasteiger partial charge in [0.1, 0.15) is 5.78 Å². The van der Waals surface area contributed by atoms with Crippen LogP contribution < -0.4 is 4.74 Å². The molecule has 15 heavy (non-hydrogen) atoms. The number of alkyl halides is 2. The Morgan fingerprint density at radius 1 is 1.53 bits per heavy atom. The quantitative estimate of drug-likeness (QED) is 0.838. The minimum Gasteiger partial charge on any atom is -0.504 e. The topological polar surface area (TPSA) is 46.5 Å². The maximum atomic E-state index is 11.8. The van der Waals surface area contributed by atoms with Crippen LogP contribution in [0.2, 0.25) is 0 Å². The molecule has 0 amide bonds. The Morgan fingerprint density at radius 3 is 2.67 bits per heavy atom. The van der Waals surface area contributed by atoms with E-state index in [0.29, 0.717) is 5.56 Å². The predicted molar refractivity (Wildman–Crippen MR) is 49.1 cm³/mol. The van der Waals surface area contributed by atoms with E-state index in [9.17, 15) is 18.7 Å². The van der Waals surface area contributed by atoms with E-state index < -0.39 is 12.4 Å². The Labute approximate surface area is 85.3 Å². The normalized spacial score (nSPS) is 10.4. The van der Waals surface area contributed by atoms with Crippen molar-refractivity contribution < 1.29 is 23.4 Å². The molecular weight excluding hydrogens is 206 g/mol. The summed E-state index contributed by atoms with van der Waals surface area (Å²) in [6.07, 6.45) is 0.155. The lowest BCUT2D eigenvalue weighted by Gasteiger charge is -2.07. The molecule has 1 N–H and O–H groups in total. The van der Waals surface area contributed by atoms with Gasteiger partial charge in [-0.3, -0.25) is 4.79 Å². The molecule has 0 fully saturated rings. The Balaban J connectivity index is 2.83. The zero-order valence-corrected chi connectivity index (χ0v) is 8.04. The number of ketones is 1. The summed E-state index contributed by atoms with van der Waals surface area (Å²) in [5, 5.41) is 9.28. The van der Waals surface area contributed by atoms with Gasteiger partial charge in [-0.2, -0.15) is 8.78 Å². The molecule has 0 aliphatic rings. The summed E-state index contributed by atoms with van der Waals surface area (Å²) in [4.78, 5) is 10.8. The first-order valence-corrected chi connectivity index (χ1v) is 4.25. The zero-order chi connectivity index (χ0) is 11.4. The fraction of sp³-hybridized carbons (Fsp3) is 0.300. The molecular formula is C10H10F2O3. The number of carbonyl (C=O) groups is 1. The second-order valence-corrected chi connectivity index (χ2v) is 3.06. The molecule has 0 unspecified atom stereocenters. The maximum Gasteiger partial charge on any atom is 0.387 e. The van der Waals surface area contributed by atoms with E-state index in [2.05, 4.69) is 4.74 Å². The highest BCUT2D eigenvalue weighted by Crippen LogP contribution is 2.28. The number of hydrogen-bond donors (Lipinski definition) is 1. The van der Waals surface area contributed by atoms with Crippen LogP contribution in [0.5, 0.6) is 11.5 Å². The fourth-order valence-electron chi connectivity index (χ4n) is 1.16. The number of benzene rings is 1. The van der Waals surface area contributed by atoms with Crippen molar-refractivity contribution in [1.29, 1.82) is 0 Å². The smallest absolute Gasteiger partial charge is 0.387 e. The summed E-state index contributed by atoms with van der Waals surface area (Å²) in [6.45, 7) is -1.57. The highest BCUT2D eigenvalue weighted by atomic mass is 19.3. The Bertz CT molecular complexity index is 364. The van der Waals surface area contributed by atoms with Crippen LogP contribution in [0.1, 0.15) is 12.5 Å². The van der Waals surface area contributed by atoms with Crippen LogP contribution in [0.4, 0.5) is 8.78 Å². The lowest BCUT2D eigenvalue weighted by molar-refractivity contribution is -0.116. The zero-order valence-electron chi connectivity index (χ0n) is 8.04. The van der Waals surface area contributed by atoms with Gasteiger partial charge in [0, 0.05) is 6.42 Å². The molecule has 3 nitrogen and oxygen atoms in total. The van der Waals surface area contributed by atoms with E-state index in [1.807, 2.05) is 0 Å². The molecule has 82 valence electrons. The van der Waals surface area contributed by atoms with Crippen LogP contribution in [0.3, 0.4) is 0 Å². The monoisotopic (exact) mass is 216 g/mol. The van der Waals surface area contributed by atoms with E-state index in [4.69, 9.17) is 0 Å². The van der Waals surface area contributed by atoms with Crippen molar-refractivity contribution in [2.24, 2.45) is 0 Å². The number of halogens is 2. The molecule has 0 heterocycles. The molecule has 1 aromatic rings. The number of hydrogen-bond acceptors (Lipinski definition) is 3. The summed E-state index contributed by atoms with van der Waals surface area (Å²) in [5.41, 5.74) is 0.557. The van der Waals surface area contributed by atoms with Gasteiger partial charge in [-0.15, -0.1) is 0 Å². The number of Topliss-reactive ketones (excluding diaryl/α,β-unsaturated/α-hetero) is 1. The predicted octanol–water partition coefficient (Wildman–Crippen LogP) is 2.13. The largest absolute Gasteiger partial charge is 0.504 e. The first-order chi connectivity index (χ1) is 6.99. The number of phenols is 1. The third-order valence-corrected chi connectivity index (χ3v) is 1.69. The molecule has 0 aliphatic heterocycles. The third-order valence-electron chi connectivity index (χ3n) is 1.69.